The molecule has 2 atom stereocenters. The second-order valence-electron chi connectivity index (χ2n) is 10.9. The van der Waals surface area contributed by atoms with Crippen LogP contribution in [0, 0.1) is 5.82 Å². The summed E-state index contributed by atoms with van der Waals surface area (Å²) in [7, 11) is 1.44. The molecule has 41 heavy (non-hydrogen) atoms. The highest BCUT2D eigenvalue weighted by Gasteiger charge is 2.35. The van der Waals surface area contributed by atoms with E-state index in [1.54, 1.807) is 0 Å². The number of rotatable bonds is 16. The molecule has 1 amide bonds. The lowest BCUT2D eigenvalue weighted by atomic mass is 9.84. The maximum Gasteiger partial charge on any atom is 0.326 e. The fraction of sp³-hybridized carbons (Fsp3) is 0.586. The molecule has 0 aliphatic carbocycles. The SMILES string of the molecule is CO[C@H](CF)CN(CCCCc1ccc2c(n1)NCCC2)CC[C@H](NC(=O)C(C)(C)c1cc(F)cnc1Cl)C(=O)O. The lowest BCUT2D eigenvalue weighted by Crippen LogP contribution is -2.50. The van der Waals surface area contributed by atoms with Gasteiger partial charge < -0.3 is 25.4 Å². The number of hydrogen-bond donors (Lipinski definition) is 3. The number of hydrogen-bond acceptors (Lipinski definition) is 7. The molecule has 2 aromatic heterocycles. The summed E-state index contributed by atoms with van der Waals surface area (Å²) in [5.74, 6) is -1.53. The van der Waals surface area contributed by atoms with Crippen molar-refractivity contribution in [2.24, 2.45) is 0 Å². The number of aliphatic carboxylic acids is 1. The van der Waals surface area contributed by atoms with E-state index in [9.17, 15) is 23.5 Å². The van der Waals surface area contributed by atoms with E-state index in [0.717, 1.165) is 62.4 Å². The van der Waals surface area contributed by atoms with Crippen LogP contribution in [0.3, 0.4) is 0 Å². The molecule has 0 spiro atoms. The number of fused-ring (bicyclic) bond motifs is 1. The second kappa shape index (κ2) is 15.4. The third kappa shape index (κ3) is 9.31. The number of carboxylic acid groups (broad SMARTS) is 1. The van der Waals surface area contributed by atoms with Gasteiger partial charge in [0.1, 0.15) is 29.5 Å². The maximum absolute atomic E-state index is 13.8. The number of alkyl halides is 1. The van der Waals surface area contributed by atoms with Crippen LogP contribution in [0.1, 0.15) is 56.4 Å². The summed E-state index contributed by atoms with van der Waals surface area (Å²) < 4.78 is 32.5. The van der Waals surface area contributed by atoms with Crippen LogP contribution in [-0.4, -0.2) is 84.0 Å². The molecule has 0 radical (unpaired) electrons. The maximum atomic E-state index is 13.8. The molecular formula is C29H40ClF2N5O4. The number of ether oxygens (including phenoxy) is 1. The summed E-state index contributed by atoms with van der Waals surface area (Å²) in [4.78, 5) is 35.6. The van der Waals surface area contributed by atoms with Gasteiger partial charge in [0.2, 0.25) is 5.91 Å². The number of nitrogens with zero attached hydrogens (tertiary/aromatic N) is 3. The Bertz CT molecular complexity index is 1180. The lowest BCUT2D eigenvalue weighted by molar-refractivity contribution is -0.143. The topological polar surface area (TPSA) is 117 Å². The standard InChI is InChI=1S/C29H40ClF2N5O4/c1-29(2,23-15-20(32)17-34-25(23)30)28(40)36-24(27(38)39)11-14-37(18-22(16-31)41-3)13-5-4-8-21-10-9-19-7-6-12-33-26(19)35-21/h9-10,15,17,22,24H,4-8,11-14,16,18H2,1-3H3,(H,33,35)(H,36,40)(H,38,39)/t22-,24+/m1/s1. The van der Waals surface area contributed by atoms with Crippen LogP contribution in [0.5, 0.6) is 0 Å². The number of aromatic nitrogens is 2. The van der Waals surface area contributed by atoms with Crippen molar-refractivity contribution in [1.82, 2.24) is 20.2 Å². The third-order valence-electron chi connectivity index (χ3n) is 7.46. The summed E-state index contributed by atoms with van der Waals surface area (Å²) in [5.41, 5.74) is 1.06. The molecule has 12 heteroatoms. The minimum Gasteiger partial charge on any atom is -0.480 e. The average molecular weight is 596 g/mol. The van der Waals surface area contributed by atoms with Crippen molar-refractivity contribution in [3.8, 4) is 0 Å². The summed E-state index contributed by atoms with van der Waals surface area (Å²) in [5, 5.41) is 15.7. The van der Waals surface area contributed by atoms with E-state index >= 15 is 0 Å². The monoisotopic (exact) mass is 595 g/mol. The van der Waals surface area contributed by atoms with Crippen molar-refractivity contribution in [2.45, 2.75) is 69.9 Å². The molecule has 3 rings (SSSR count). The van der Waals surface area contributed by atoms with Crippen molar-refractivity contribution in [3.63, 3.8) is 0 Å². The summed E-state index contributed by atoms with van der Waals surface area (Å²) in [6.45, 7) is 4.47. The molecule has 1 aliphatic heterocycles. The number of carbonyl (C=O) groups is 2. The predicted molar refractivity (Wildman–Crippen MR) is 154 cm³/mol. The first kappa shape index (κ1) is 32.6. The van der Waals surface area contributed by atoms with Gasteiger partial charge in [0.05, 0.1) is 17.7 Å². The molecule has 3 N–H and O–H groups in total. The zero-order chi connectivity index (χ0) is 30.0. The Labute approximate surface area is 245 Å². The first-order chi connectivity index (χ1) is 19.5. The van der Waals surface area contributed by atoms with Gasteiger partial charge in [-0.25, -0.2) is 23.5 Å². The van der Waals surface area contributed by atoms with Crippen molar-refractivity contribution in [2.75, 3.05) is 45.3 Å². The molecule has 0 aromatic carbocycles. The van der Waals surface area contributed by atoms with Gasteiger partial charge in [-0.05, 0) is 76.6 Å². The van der Waals surface area contributed by atoms with Gasteiger partial charge in [-0.3, -0.25) is 4.79 Å². The van der Waals surface area contributed by atoms with Gasteiger partial charge in [0.15, 0.2) is 0 Å². The van der Waals surface area contributed by atoms with E-state index in [1.165, 1.54) is 26.5 Å². The summed E-state index contributed by atoms with van der Waals surface area (Å²) >= 11 is 6.10. The first-order valence-electron chi connectivity index (χ1n) is 13.9. The molecule has 9 nitrogen and oxygen atoms in total. The van der Waals surface area contributed by atoms with Crippen LogP contribution in [0.15, 0.2) is 24.4 Å². The molecule has 1 aliphatic rings. The zero-order valence-corrected chi connectivity index (χ0v) is 24.6. The highest BCUT2D eigenvalue weighted by Crippen LogP contribution is 2.29. The normalized spacial score (nSPS) is 14.7. The van der Waals surface area contributed by atoms with Crippen LogP contribution >= 0.6 is 11.6 Å². The number of aryl methyl sites for hydroxylation is 2. The van der Waals surface area contributed by atoms with E-state index in [-0.39, 0.29) is 23.7 Å². The van der Waals surface area contributed by atoms with Crippen molar-refractivity contribution in [3.05, 3.63) is 52.2 Å². The fourth-order valence-corrected chi connectivity index (χ4v) is 5.15. The molecule has 2 aromatic rings. The van der Waals surface area contributed by atoms with E-state index < -0.39 is 41.9 Å². The highest BCUT2D eigenvalue weighted by atomic mass is 35.5. The van der Waals surface area contributed by atoms with Crippen LogP contribution < -0.4 is 10.6 Å². The molecule has 0 fully saturated rings. The van der Waals surface area contributed by atoms with Gasteiger partial charge in [0.25, 0.3) is 0 Å². The van der Waals surface area contributed by atoms with E-state index in [4.69, 9.17) is 21.3 Å². The molecule has 0 bridgehead atoms. The highest BCUT2D eigenvalue weighted by molar-refractivity contribution is 6.30. The van der Waals surface area contributed by atoms with Crippen LogP contribution in [0.4, 0.5) is 14.6 Å². The number of amides is 1. The number of nitrogens with one attached hydrogen (secondary N) is 2. The zero-order valence-electron chi connectivity index (χ0n) is 23.9. The first-order valence-corrected chi connectivity index (χ1v) is 14.3. The number of pyridine rings is 2. The number of carbonyl (C=O) groups excluding carboxylic acids is 1. The van der Waals surface area contributed by atoms with Gasteiger partial charge in [-0.15, -0.1) is 0 Å². The fourth-order valence-electron chi connectivity index (χ4n) is 4.81. The number of methoxy groups -OCH3 is 1. The number of anilines is 1. The summed E-state index contributed by atoms with van der Waals surface area (Å²) in [6.07, 6.45) is 4.94. The molecular weight excluding hydrogens is 556 g/mol. The molecule has 3 heterocycles. The Morgan fingerprint density at radius 1 is 1.29 bits per heavy atom. The molecule has 0 unspecified atom stereocenters. The van der Waals surface area contributed by atoms with E-state index in [2.05, 4.69) is 27.8 Å². The van der Waals surface area contributed by atoms with Crippen LogP contribution in [-0.2, 0) is 32.6 Å². The predicted octanol–water partition coefficient (Wildman–Crippen LogP) is 4.17. The molecule has 0 saturated heterocycles. The molecule has 0 saturated carbocycles. The largest absolute Gasteiger partial charge is 0.480 e. The Hall–Kier alpha value is -2.89. The van der Waals surface area contributed by atoms with Crippen molar-refractivity contribution in [1.29, 1.82) is 0 Å². The van der Waals surface area contributed by atoms with Gasteiger partial charge in [-0.1, -0.05) is 17.7 Å². The van der Waals surface area contributed by atoms with Crippen molar-refractivity contribution >= 4 is 29.3 Å². The van der Waals surface area contributed by atoms with Gasteiger partial charge in [-0.2, -0.15) is 0 Å². The Morgan fingerprint density at radius 3 is 2.78 bits per heavy atom. The third-order valence-corrected chi connectivity index (χ3v) is 7.76. The van der Waals surface area contributed by atoms with Crippen molar-refractivity contribution < 1.29 is 28.2 Å². The Morgan fingerprint density at radius 2 is 2.07 bits per heavy atom. The van der Waals surface area contributed by atoms with Gasteiger partial charge in [0, 0.05) is 38.0 Å². The lowest BCUT2D eigenvalue weighted by Gasteiger charge is -2.29. The summed E-state index contributed by atoms with van der Waals surface area (Å²) in [6, 6.07) is 4.08. The van der Waals surface area contributed by atoms with E-state index in [1.807, 2.05) is 4.90 Å². The minimum atomic E-state index is -1.34. The van der Waals surface area contributed by atoms with Crippen LogP contribution in [0.2, 0.25) is 5.15 Å². The molecule has 226 valence electrons. The number of unbranched alkanes of at least 4 members (excludes halogenated alkanes) is 1. The smallest absolute Gasteiger partial charge is 0.326 e. The Kier molecular flexibility index (Phi) is 12.2. The number of carboxylic acids is 1. The minimum absolute atomic E-state index is 0.0386. The second-order valence-corrected chi connectivity index (χ2v) is 11.2. The average Bonchev–Trinajstić information content (AvgIpc) is 2.96. The van der Waals surface area contributed by atoms with E-state index in [0.29, 0.717) is 13.1 Å². The number of halogens is 3. The van der Waals surface area contributed by atoms with Gasteiger partial charge >= 0.3 is 5.97 Å². The van der Waals surface area contributed by atoms with Crippen LogP contribution in [0.25, 0.3) is 0 Å². The quantitative estimate of drug-likeness (QED) is 0.196. The Balaban J connectivity index is 1.59.